The molecule has 0 aliphatic heterocycles. The van der Waals surface area contributed by atoms with E-state index in [9.17, 15) is 0 Å². The number of furan rings is 2. The van der Waals surface area contributed by atoms with Gasteiger partial charge in [0.15, 0.2) is 0 Å². The number of rotatable bonds is 6. The van der Waals surface area contributed by atoms with Crippen LogP contribution >= 0.6 is 0 Å². The number of hydrogen-bond donors (Lipinski definition) is 0. The number of benzene rings is 9. The largest absolute Gasteiger partial charge is 0.455 e. The van der Waals surface area contributed by atoms with E-state index in [1.807, 2.05) is 12.1 Å². The first-order chi connectivity index (χ1) is 29.3. The van der Waals surface area contributed by atoms with Crippen LogP contribution in [-0.2, 0) is 0 Å². The van der Waals surface area contributed by atoms with Crippen molar-refractivity contribution in [2.75, 3.05) is 4.90 Å². The summed E-state index contributed by atoms with van der Waals surface area (Å²) in [7, 11) is 0. The lowest BCUT2D eigenvalue weighted by Gasteiger charge is -2.27. The second-order valence-electron chi connectivity index (χ2n) is 15.5. The lowest BCUT2D eigenvalue weighted by molar-refractivity contribution is 0.669. The third kappa shape index (κ3) is 5.43. The summed E-state index contributed by atoms with van der Waals surface area (Å²) in [6.07, 6.45) is 4.43. The molecule has 0 fully saturated rings. The van der Waals surface area contributed by atoms with Crippen molar-refractivity contribution in [1.82, 2.24) is 0 Å². The zero-order valence-corrected chi connectivity index (χ0v) is 32.2. The highest BCUT2D eigenvalue weighted by atomic mass is 16.3. The summed E-state index contributed by atoms with van der Waals surface area (Å²) >= 11 is 0. The van der Waals surface area contributed by atoms with Crippen LogP contribution in [0.2, 0.25) is 0 Å². The molecule has 59 heavy (non-hydrogen) atoms. The summed E-state index contributed by atoms with van der Waals surface area (Å²) in [4.78, 5) is 2.39. The van der Waals surface area contributed by atoms with Gasteiger partial charge in [0.2, 0.25) is 0 Å². The van der Waals surface area contributed by atoms with E-state index in [4.69, 9.17) is 8.83 Å². The predicted octanol–water partition coefficient (Wildman–Crippen LogP) is 14.2. The van der Waals surface area contributed by atoms with Gasteiger partial charge in [-0.1, -0.05) is 152 Å². The van der Waals surface area contributed by atoms with Crippen LogP contribution < -0.4 is 15.3 Å². The highest BCUT2D eigenvalue weighted by Crippen LogP contribution is 2.47. The molecule has 0 atom stereocenters. The van der Waals surface area contributed by atoms with E-state index in [2.05, 4.69) is 193 Å². The quantitative estimate of drug-likeness (QED) is 0.169. The molecule has 0 spiro atoms. The third-order valence-electron chi connectivity index (χ3n) is 12.2. The first-order valence-corrected chi connectivity index (χ1v) is 20.4. The fraction of sp³-hybridized carbons (Fsp3) is 0.0357. The summed E-state index contributed by atoms with van der Waals surface area (Å²) in [5.74, 6) is 0. The molecule has 0 N–H and O–H groups in total. The molecular weight excluding hydrogens is 719 g/mol. The number of para-hydroxylation sites is 3. The highest BCUT2D eigenvalue weighted by Gasteiger charge is 2.23. The van der Waals surface area contributed by atoms with Gasteiger partial charge in [-0.15, -0.1) is 0 Å². The minimum atomic E-state index is 0.866. The van der Waals surface area contributed by atoms with Crippen molar-refractivity contribution in [3.63, 3.8) is 0 Å². The van der Waals surface area contributed by atoms with E-state index in [0.717, 1.165) is 96.0 Å². The van der Waals surface area contributed by atoms with Crippen molar-refractivity contribution in [2.24, 2.45) is 0 Å². The van der Waals surface area contributed by atoms with Crippen molar-refractivity contribution in [3.8, 4) is 22.3 Å². The van der Waals surface area contributed by atoms with Gasteiger partial charge >= 0.3 is 0 Å². The summed E-state index contributed by atoms with van der Waals surface area (Å²) in [5, 5.41) is 9.47. The second-order valence-corrected chi connectivity index (χ2v) is 15.5. The van der Waals surface area contributed by atoms with Crippen LogP contribution in [-0.4, -0.2) is 0 Å². The minimum absolute atomic E-state index is 0.866. The van der Waals surface area contributed by atoms with Gasteiger partial charge < -0.3 is 13.7 Å². The predicted molar refractivity (Wildman–Crippen MR) is 246 cm³/mol. The maximum Gasteiger partial charge on any atom is 0.145 e. The molecule has 11 aromatic rings. The Hall–Kier alpha value is -7.62. The molecule has 12 rings (SSSR count). The fourth-order valence-corrected chi connectivity index (χ4v) is 9.43. The molecule has 1 aliphatic rings. The van der Waals surface area contributed by atoms with E-state index >= 15 is 0 Å². The van der Waals surface area contributed by atoms with Crippen molar-refractivity contribution in [3.05, 3.63) is 210 Å². The Morgan fingerprint density at radius 2 is 1.02 bits per heavy atom. The molecule has 0 saturated heterocycles. The van der Waals surface area contributed by atoms with Gasteiger partial charge in [0, 0.05) is 38.7 Å². The topological polar surface area (TPSA) is 29.5 Å². The van der Waals surface area contributed by atoms with E-state index in [1.165, 1.54) is 32.3 Å². The average Bonchev–Trinajstić information content (AvgIpc) is 3.89. The molecule has 2 heterocycles. The Labute approximate surface area is 341 Å². The first-order valence-electron chi connectivity index (χ1n) is 20.4. The van der Waals surface area contributed by atoms with E-state index in [0.29, 0.717) is 0 Å². The second kappa shape index (κ2) is 13.5. The van der Waals surface area contributed by atoms with Crippen LogP contribution in [0.25, 0.3) is 88.6 Å². The van der Waals surface area contributed by atoms with Crippen LogP contribution in [0.15, 0.2) is 203 Å². The molecule has 3 nitrogen and oxygen atoms in total. The molecular formula is C56H37NO2. The van der Waals surface area contributed by atoms with Crippen molar-refractivity contribution >= 4 is 83.4 Å². The Balaban J connectivity index is 1.06. The van der Waals surface area contributed by atoms with Crippen molar-refractivity contribution < 1.29 is 8.83 Å². The lowest BCUT2D eigenvalue weighted by atomic mass is 9.93. The fourth-order valence-electron chi connectivity index (χ4n) is 9.43. The summed E-state index contributed by atoms with van der Waals surface area (Å²) in [5.41, 5.74) is 13.8. The van der Waals surface area contributed by atoms with Gasteiger partial charge in [-0.2, -0.15) is 0 Å². The average molecular weight is 756 g/mol. The molecule has 1 aliphatic carbocycles. The van der Waals surface area contributed by atoms with Gasteiger partial charge in [-0.3, -0.25) is 0 Å². The first kappa shape index (κ1) is 33.5. The van der Waals surface area contributed by atoms with Gasteiger partial charge in [-0.05, 0) is 105 Å². The summed E-state index contributed by atoms with van der Waals surface area (Å²) < 4.78 is 13.3. The molecule has 9 aromatic carbocycles. The van der Waals surface area contributed by atoms with E-state index < -0.39 is 0 Å². The number of anilines is 3. The number of nitrogens with zero attached hydrogens (tertiary/aromatic N) is 1. The number of hydrogen-bond acceptors (Lipinski definition) is 3. The van der Waals surface area contributed by atoms with Gasteiger partial charge in [0.05, 0.1) is 11.1 Å². The van der Waals surface area contributed by atoms with Crippen LogP contribution in [0.4, 0.5) is 17.1 Å². The van der Waals surface area contributed by atoms with Crippen LogP contribution in [0.1, 0.15) is 18.4 Å². The van der Waals surface area contributed by atoms with Gasteiger partial charge in [0.25, 0.3) is 0 Å². The third-order valence-corrected chi connectivity index (χ3v) is 12.2. The lowest BCUT2D eigenvalue weighted by Crippen LogP contribution is -2.29. The van der Waals surface area contributed by atoms with Crippen LogP contribution in [0, 0.1) is 0 Å². The molecule has 278 valence electrons. The molecule has 0 amide bonds. The zero-order chi connectivity index (χ0) is 38.9. The zero-order valence-electron chi connectivity index (χ0n) is 32.2. The maximum atomic E-state index is 6.88. The number of fused-ring (bicyclic) bond motifs is 8. The summed E-state index contributed by atoms with van der Waals surface area (Å²) in [6.45, 7) is 0. The summed E-state index contributed by atoms with van der Waals surface area (Å²) in [6, 6.07) is 69.6. The standard InChI is InChI=1S/C56H37NO2/c1-3-16-42-36(12-1)14-9-20-43(42)38-26-30-40(31-27-38)57(41-32-28-39(29-33-41)45-21-11-23-48-47-18-5-7-24-52(47)58-55(45)48)51-35-34-49(46-22-10-15-37-13-2-4-17-44(37)46)56-54(51)50-19-6-8-25-53(50)59-56/h1-8,10-19,21-35H,9,20H2. The molecule has 2 aromatic heterocycles. The highest BCUT2D eigenvalue weighted by molar-refractivity contribution is 6.18. The Morgan fingerprint density at radius 3 is 1.85 bits per heavy atom. The minimum Gasteiger partial charge on any atom is -0.455 e. The Bertz CT molecular complexity index is 3550. The molecule has 3 heteroatoms. The maximum absolute atomic E-state index is 6.88. The van der Waals surface area contributed by atoms with Crippen molar-refractivity contribution in [1.29, 1.82) is 0 Å². The van der Waals surface area contributed by atoms with Gasteiger partial charge in [0.1, 0.15) is 22.3 Å². The Morgan fingerprint density at radius 1 is 0.407 bits per heavy atom. The monoisotopic (exact) mass is 755 g/mol. The van der Waals surface area contributed by atoms with Gasteiger partial charge in [-0.25, -0.2) is 0 Å². The molecule has 0 unspecified atom stereocenters. The smallest absolute Gasteiger partial charge is 0.145 e. The normalized spacial score (nSPS) is 12.7. The van der Waals surface area contributed by atoms with E-state index in [1.54, 1.807) is 0 Å². The molecule has 0 bridgehead atoms. The van der Waals surface area contributed by atoms with Crippen molar-refractivity contribution in [2.45, 2.75) is 12.8 Å². The van der Waals surface area contributed by atoms with E-state index in [-0.39, 0.29) is 0 Å². The Kier molecular flexibility index (Phi) is 7.67. The SMILES string of the molecule is C1=c2ccccc2=C(c2ccc(N(c3ccc(-c4cccc5c4oc4ccccc45)cc3)c3ccc(-c4cccc5ccccc45)c4oc5ccccc5c34)cc2)CC1. The molecule has 0 radical (unpaired) electrons. The van der Waals surface area contributed by atoms with Crippen LogP contribution in [0.3, 0.4) is 0 Å². The molecule has 0 saturated carbocycles. The van der Waals surface area contributed by atoms with Crippen LogP contribution in [0.5, 0.6) is 0 Å².